The van der Waals surface area contributed by atoms with Gasteiger partial charge in [-0.25, -0.2) is 0 Å². The van der Waals surface area contributed by atoms with Crippen molar-refractivity contribution >= 4 is 30.7 Å². The lowest BCUT2D eigenvalue weighted by Gasteiger charge is -2.33. The number of hydrogen-bond donors (Lipinski definition) is 2. The maximum absolute atomic E-state index is 12.3. The van der Waals surface area contributed by atoms with Gasteiger partial charge in [-0.15, -0.1) is 24.8 Å². The monoisotopic (exact) mass is 403 g/mol. The van der Waals surface area contributed by atoms with Gasteiger partial charge in [-0.1, -0.05) is 30.3 Å². The molecule has 3 rings (SSSR count). The molecule has 1 saturated carbocycles. The predicted molar refractivity (Wildman–Crippen MR) is 109 cm³/mol. The number of nitrogens with one attached hydrogen (secondary N) is 1. The maximum atomic E-state index is 12.3. The SMILES string of the molecule is Cl.Cl.NC1CCC(NC(=O)CC2CN(Cc3ccccc3)CCO2)CC1. The highest BCUT2D eigenvalue weighted by molar-refractivity contribution is 5.85. The number of rotatable bonds is 5. The van der Waals surface area contributed by atoms with Crippen LogP contribution in [0.1, 0.15) is 37.7 Å². The van der Waals surface area contributed by atoms with E-state index < -0.39 is 0 Å². The van der Waals surface area contributed by atoms with Gasteiger partial charge in [0.25, 0.3) is 0 Å². The minimum atomic E-state index is -0.00619. The number of nitrogens with zero attached hydrogens (tertiary/aromatic N) is 1. The second-order valence-electron chi connectivity index (χ2n) is 7.10. The zero-order chi connectivity index (χ0) is 16.8. The third kappa shape index (κ3) is 7.41. The Morgan fingerprint density at radius 1 is 1.15 bits per heavy atom. The van der Waals surface area contributed by atoms with Crippen molar-refractivity contribution < 1.29 is 9.53 Å². The zero-order valence-corrected chi connectivity index (χ0v) is 16.8. The number of carbonyl (C=O) groups excluding carboxylic acids is 1. The number of nitrogens with two attached hydrogens (primary N) is 1. The standard InChI is InChI=1S/C19H29N3O2.2ClH/c20-16-6-8-17(9-7-16)21-19(23)12-18-14-22(10-11-24-18)13-15-4-2-1-3-5-15;;/h1-5,16-18H,6-14,20H2,(H,21,23);2*1H. The molecule has 1 unspecified atom stereocenters. The molecule has 0 bridgehead atoms. The van der Waals surface area contributed by atoms with Crippen LogP contribution < -0.4 is 11.1 Å². The Hall–Kier alpha value is -0.850. The summed E-state index contributed by atoms with van der Waals surface area (Å²) in [7, 11) is 0. The summed E-state index contributed by atoms with van der Waals surface area (Å²) < 4.78 is 5.80. The number of ether oxygens (including phenoxy) is 1. The molecule has 0 radical (unpaired) electrons. The zero-order valence-electron chi connectivity index (χ0n) is 15.1. The molecule has 1 amide bonds. The van der Waals surface area contributed by atoms with E-state index in [4.69, 9.17) is 10.5 Å². The molecule has 7 heteroatoms. The van der Waals surface area contributed by atoms with Gasteiger partial charge in [-0.2, -0.15) is 0 Å². The van der Waals surface area contributed by atoms with Crippen molar-refractivity contribution in [1.29, 1.82) is 0 Å². The van der Waals surface area contributed by atoms with Crippen molar-refractivity contribution in [3.63, 3.8) is 0 Å². The molecular formula is C19H31Cl2N3O2. The van der Waals surface area contributed by atoms with Crippen LogP contribution in [0.3, 0.4) is 0 Å². The molecule has 1 heterocycles. The van der Waals surface area contributed by atoms with Crippen molar-refractivity contribution in [2.75, 3.05) is 19.7 Å². The van der Waals surface area contributed by atoms with Gasteiger partial charge in [0, 0.05) is 31.7 Å². The number of hydrogen-bond acceptors (Lipinski definition) is 4. The normalized spacial score (nSPS) is 26.3. The number of carbonyl (C=O) groups is 1. The molecule has 1 aromatic rings. The fourth-order valence-corrected chi connectivity index (χ4v) is 3.65. The molecule has 1 saturated heterocycles. The van der Waals surface area contributed by atoms with Gasteiger partial charge in [0.05, 0.1) is 19.1 Å². The van der Waals surface area contributed by atoms with E-state index in [2.05, 4.69) is 34.5 Å². The summed E-state index contributed by atoms with van der Waals surface area (Å²) in [6.45, 7) is 3.36. The molecule has 1 aliphatic heterocycles. The molecule has 2 fully saturated rings. The Morgan fingerprint density at radius 2 is 1.85 bits per heavy atom. The van der Waals surface area contributed by atoms with E-state index in [0.717, 1.165) is 45.3 Å². The van der Waals surface area contributed by atoms with Crippen molar-refractivity contribution in [3.05, 3.63) is 35.9 Å². The van der Waals surface area contributed by atoms with Crippen LogP contribution >= 0.6 is 24.8 Å². The van der Waals surface area contributed by atoms with Crippen LogP contribution in [0.4, 0.5) is 0 Å². The average molecular weight is 404 g/mol. The van der Waals surface area contributed by atoms with Gasteiger partial charge >= 0.3 is 0 Å². The number of morpholine rings is 1. The highest BCUT2D eigenvalue weighted by atomic mass is 35.5. The summed E-state index contributed by atoms with van der Waals surface area (Å²) in [5, 5.41) is 3.16. The molecule has 26 heavy (non-hydrogen) atoms. The summed E-state index contributed by atoms with van der Waals surface area (Å²) in [6.07, 6.45) is 4.46. The molecular weight excluding hydrogens is 373 g/mol. The number of benzene rings is 1. The van der Waals surface area contributed by atoms with Crippen LogP contribution in [0.25, 0.3) is 0 Å². The average Bonchev–Trinajstić information content (AvgIpc) is 2.58. The summed E-state index contributed by atoms with van der Waals surface area (Å²) in [6, 6.07) is 11.1. The van der Waals surface area contributed by atoms with Crippen molar-refractivity contribution in [1.82, 2.24) is 10.2 Å². The lowest BCUT2D eigenvalue weighted by atomic mass is 9.91. The van der Waals surface area contributed by atoms with Crippen molar-refractivity contribution in [2.24, 2.45) is 5.73 Å². The molecule has 148 valence electrons. The molecule has 1 aliphatic carbocycles. The minimum Gasteiger partial charge on any atom is -0.375 e. The molecule has 2 aliphatic rings. The van der Waals surface area contributed by atoms with Crippen LogP contribution in [0.5, 0.6) is 0 Å². The Bertz CT molecular complexity index is 525. The molecule has 0 aromatic heterocycles. The quantitative estimate of drug-likeness (QED) is 0.792. The van der Waals surface area contributed by atoms with Gasteiger partial charge in [0.1, 0.15) is 0 Å². The third-order valence-corrected chi connectivity index (χ3v) is 5.02. The smallest absolute Gasteiger partial charge is 0.222 e. The van der Waals surface area contributed by atoms with Crippen molar-refractivity contribution in [3.8, 4) is 0 Å². The summed E-state index contributed by atoms with van der Waals surface area (Å²) in [5.41, 5.74) is 7.22. The van der Waals surface area contributed by atoms with Gasteiger partial charge in [-0.3, -0.25) is 9.69 Å². The minimum absolute atomic E-state index is 0. The Morgan fingerprint density at radius 3 is 2.54 bits per heavy atom. The van der Waals surface area contributed by atoms with E-state index in [1.54, 1.807) is 0 Å². The first-order valence-electron chi connectivity index (χ1n) is 9.12. The van der Waals surface area contributed by atoms with Crippen LogP contribution in [0, 0.1) is 0 Å². The highest BCUT2D eigenvalue weighted by Gasteiger charge is 2.25. The topological polar surface area (TPSA) is 67.6 Å². The van der Waals surface area contributed by atoms with E-state index in [1.165, 1.54) is 5.56 Å². The molecule has 0 spiro atoms. The Kier molecular flexibility index (Phi) is 10.5. The first-order valence-corrected chi connectivity index (χ1v) is 9.12. The lowest BCUT2D eigenvalue weighted by molar-refractivity contribution is -0.127. The second-order valence-corrected chi connectivity index (χ2v) is 7.10. The Balaban J connectivity index is 0.00000169. The van der Waals surface area contributed by atoms with Crippen LogP contribution in [-0.4, -0.2) is 48.7 Å². The highest BCUT2D eigenvalue weighted by Crippen LogP contribution is 2.18. The van der Waals surface area contributed by atoms with Crippen LogP contribution in [0.2, 0.25) is 0 Å². The number of amides is 1. The van der Waals surface area contributed by atoms with Crippen molar-refractivity contribution in [2.45, 2.75) is 56.8 Å². The van der Waals surface area contributed by atoms with Gasteiger partial charge in [0.15, 0.2) is 0 Å². The van der Waals surface area contributed by atoms with Crippen LogP contribution in [-0.2, 0) is 16.1 Å². The lowest BCUT2D eigenvalue weighted by Crippen LogP contribution is -2.46. The van der Waals surface area contributed by atoms with E-state index in [9.17, 15) is 4.79 Å². The summed E-state index contributed by atoms with van der Waals surface area (Å²) in [5.74, 6) is 0.113. The molecule has 1 atom stereocenters. The molecule has 5 nitrogen and oxygen atoms in total. The Labute approximate surface area is 168 Å². The largest absolute Gasteiger partial charge is 0.375 e. The number of halogens is 2. The summed E-state index contributed by atoms with van der Waals surface area (Å²) in [4.78, 5) is 14.7. The molecule has 3 N–H and O–H groups in total. The maximum Gasteiger partial charge on any atom is 0.222 e. The van der Waals surface area contributed by atoms with E-state index in [-0.39, 0.29) is 36.8 Å². The first-order chi connectivity index (χ1) is 11.7. The van der Waals surface area contributed by atoms with E-state index in [0.29, 0.717) is 25.1 Å². The third-order valence-electron chi connectivity index (χ3n) is 5.02. The second kappa shape index (κ2) is 11.8. The van der Waals surface area contributed by atoms with Crippen LogP contribution in [0.15, 0.2) is 30.3 Å². The van der Waals surface area contributed by atoms with E-state index in [1.807, 2.05) is 6.07 Å². The molecule has 1 aromatic carbocycles. The predicted octanol–water partition coefficient (Wildman–Crippen LogP) is 2.51. The fourth-order valence-electron chi connectivity index (χ4n) is 3.65. The fraction of sp³-hybridized carbons (Fsp3) is 0.632. The van der Waals surface area contributed by atoms with Gasteiger partial charge in [0.2, 0.25) is 5.91 Å². The van der Waals surface area contributed by atoms with E-state index >= 15 is 0 Å². The van der Waals surface area contributed by atoms with Gasteiger partial charge < -0.3 is 15.8 Å². The first kappa shape index (κ1) is 23.2. The summed E-state index contributed by atoms with van der Waals surface area (Å²) >= 11 is 0. The van der Waals surface area contributed by atoms with Gasteiger partial charge in [-0.05, 0) is 31.2 Å².